The fourth-order valence-corrected chi connectivity index (χ4v) is 4.28. The summed E-state index contributed by atoms with van der Waals surface area (Å²) in [4.78, 5) is 13.7. The van der Waals surface area contributed by atoms with Crippen molar-refractivity contribution in [2.75, 3.05) is 0 Å². The van der Waals surface area contributed by atoms with E-state index in [0.717, 1.165) is 22.3 Å². The zero-order chi connectivity index (χ0) is 20.6. The molecule has 1 fully saturated rings. The minimum absolute atomic E-state index is 0.0802. The van der Waals surface area contributed by atoms with Crippen molar-refractivity contribution in [1.29, 1.82) is 0 Å². The average molecular weight is 396 g/mol. The smallest absolute Gasteiger partial charge is 0.190 e. The van der Waals surface area contributed by atoms with Crippen molar-refractivity contribution in [3.8, 4) is 0 Å². The van der Waals surface area contributed by atoms with Crippen LogP contribution in [0.25, 0.3) is 6.08 Å². The van der Waals surface area contributed by atoms with Crippen LogP contribution in [0.4, 0.5) is 0 Å². The Morgan fingerprint density at radius 3 is 1.97 bits per heavy atom. The predicted octanol–water partition coefficient (Wildman–Crippen LogP) is 6.62. The second-order valence-electron chi connectivity index (χ2n) is 8.05. The lowest BCUT2D eigenvalue weighted by Gasteiger charge is -2.30. The molecule has 0 amide bonds. The highest BCUT2D eigenvalue weighted by Crippen LogP contribution is 2.30. The highest BCUT2D eigenvalue weighted by molar-refractivity contribution is 6.12. The van der Waals surface area contributed by atoms with Crippen LogP contribution in [0.3, 0.4) is 0 Å². The SMILES string of the molecule is O=C(/C(=C\c1ccccc1)C(NC1CCCCC1)c1ccccc1)c1ccccc1. The molecule has 3 aromatic rings. The fourth-order valence-electron chi connectivity index (χ4n) is 4.28. The summed E-state index contributed by atoms with van der Waals surface area (Å²) >= 11 is 0. The zero-order valence-electron chi connectivity index (χ0n) is 17.3. The van der Waals surface area contributed by atoms with E-state index in [4.69, 9.17) is 0 Å². The van der Waals surface area contributed by atoms with Gasteiger partial charge in [-0.3, -0.25) is 4.79 Å². The standard InChI is InChI=1S/C28H29NO/c30-28(24-17-9-3-10-18-24)26(21-22-13-5-1-6-14-22)27(23-15-7-2-8-16-23)29-25-19-11-4-12-20-25/h1-3,5-10,13-18,21,25,27,29H,4,11-12,19-20H2/b26-21-. The summed E-state index contributed by atoms with van der Waals surface area (Å²) in [6.07, 6.45) is 8.21. The van der Waals surface area contributed by atoms with E-state index in [-0.39, 0.29) is 11.8 Å². The molecule has 2 nitrogen and oxygen atoms in total. The second kappa shape index (κ2) is 10.2. The first-order valence-corrected chi connectivity index (χ1v) is 11.0. The molecule has 0 saturated heterocycles. The summed E-state index contributed by atoms with van der Waals surface area (Å²) < 4.78 is 0. The molecule has 152 valence electrons. The molecule has 1 unspecified atom stereocenters. The first kappa shape index (κ1) is 20.3. The molecule has 30 heavy (non-hydrogen) atoms. The lowest BCUT2D eigenvalue weighted by molar-refractivity contribution is 0.102. The molecule has 1 atom stereocenters. The van der Waals surface area contributed by atoms with E-state index in [0.29, 0.717) is 6.04 Å². The topological polar surface area (TPSA) is 29.1 Å². The van der Waals surface area contributed by atoms with E-state index in [9.17, 15) is 4.79 Å². The normalized spacial score (nSPS) is 16.2. The van der Waals surface area contributed by atoms with Crippen molar-refractivity contribution in [3.63, 3.8) is 0 Å². The number of nitrogens with one attached hydrogen (secondary N) is 1. The van der Waals surface area contributed by atoms with Crippen molar-refractivity contribution in [3.05, 3.63) is 113 Å². The van der Waals surface area contributed by atoms with Gasteiger partial charge in [-0.2, -0.15) is 0 Å². The van der Waals surface area contributed by atoms with E-state index in [2.05, 4.69) is 47.8 Å². The lowest BCUT2D eigenvalue weighted by atomic mass is 9.88. The van der Waals surface area contributed by atoms with Gasteiger partial charge in [0.1, 0.15) is 0 Å². The third-order valence-corrected chi connectivity index (χ3v) is 5.87. The number of carbonyl (C=O) groups is 1. The average Bonchev–Trinajstić information content (AvgIpc) is 2.83. The zero-order valence-corrected chi connectivity index (χ0v) is 17.3. The van der Waals surface area contributed by atoms with Crippen molar-refractivity contribution >= 4 is 11.9 Å². The Morgan fingerprint density at radius 2 is 1.33 bits per heavy atom. The Labute approximate surface area is 179 Å². The van der Waals surface area contributed by atoms with Crippen molar-refractivity contribution in [2.45, 2.75) is 44.2 Å². The summed E-state index contributed by atoms with van der Waals surface area (Å²) in [5, 5.41) is 3.85. The highest BCUT2D eigenvalue weighted by atomic mass is 16.1. The van der Waals surface area contributed by atoms with Gasteiger partial charge in [-0.05, 0) is 30.0 Å². The Bertz CT molecular complexity index is 957. The van der Waals surface area contributed by atoms with Crippen LogP contribution in [0.5, 0.6) is 0 Å². The molecule has 1 saturated carbocycles. The van der Waals surface area contributed by atoms with Gasteiger partial charge in [-0.1, -0.05) is 110 Å². The molecule has 0 heterocycles. The molecule has 0 aromatic heterocycles. The van der Waals surface area contributed by atoms with Gasteiger partial charge in [0.15, 0.2) is 5.78 Å². The molecule has 1 aliphatic carbocycles. The van der Waals surface area contributed by atoms with E-state index in [1.54, 1.807) is 0 Å². The summed E-state index contributed by atoms with van der Waals surface area (Å²) in [7, 11) is 0. The van der Waals surface area contributed by atoms with Gasteiger partial charge in [-0.15, -0.1) is 0 Å². The van der Waals surface area contributed by atoms with Crippen molar-refractivity contribution in [1.82, 2.24) is 5.32 Å². The predicted molar refractivity (Wildman–Crippen MR) is 124 cm³/mol. The van der Waals surface area contributed by atoms with Crippen molar-refractivity contribution in [2.24, 2.45) is 0 Å². The summed E-state index contributed by atoms with van der Waals surface area (Å²) in [6.45, 7) is 0. The Balaban J connectivity index is 1.77. The van der Waals surface area contributed by atoms with Gasteiger partial charge in [0.05, 0.1) is 6.04 Å². The second-order valence-corrected chi connectivity index (χ2v) is 8.05. The van der Waals surface area contributed by atoms with Crippen LogP contribution in [0, 0.1) is 0 Å². The number of rotatable bonds is 7. The first-order chi connectivity index (χ1) is 14.8. The summed E-state index contributed by atoms with van der Waals surface area (Å²) in [5.74, 6) is 0.0802. The maximum Gasteiger partial charge on any atom is 0.190 e. The van der Waals surface area contributed by atoms with Gasteiger partial charge in [0.2, 0.25) is 0 Å². The van der Waals surface area contributed by atoms with Crippen LogP contribution in [0.1, 0.15) is 59.6 Å². The van der Waals surface area contributed by atoms with Gasteiger partial charge in [-0.25, -0.2) is 0 Å². The van der Waals surface area contributed by atoms with Gasteiger partial charge in [0, 0.05) is 17.2 Å². The van der Waals surface area contributed by atoms with Crippen LogP contribution < -0.4 is 5.32 Å². The number of carbonyl (C=O) groups excluding carboxylic acids is 1. The molecular weight excluding hydrogens is 366 g/mol. The Kier molecular flexibility index (Phi) is 6.89. The van der Waals surface area contributed by atoms with Gasteiger partial charge in [0.25, 0.3) is 0 Å². The number of hydrogen-bond donors (Lipinski definition) is 1. The molecule has 2 heteroatoms. The molecule has 4 rings (SSSR count). The van der Waals surface area contributed by atoms with Crippen LogP contribution in [0.15, 0.2) is 96.6 Å². The number of ketones is 1. The Morgan fingerprint density at radius 1 is 0.767 bits per heavy atom. The summed E-state index contributed by atoms with van der Waals surface area (Å²) in [5.41, 5.74) is 3.70. The molecular formula is C28H29NO. The molecule has 1 aliphatic rings. The maximum atomic E-state index is 13.7. The largest absolute Gasteiger partial charge is 0.303 e. The molecule has 0 spiro atoms. The van der Waals surface area contributed by atoms with E-state index < -0.39 is 0 Å². The number of Topliss-reactive ketones (excluding diaryl/α,β-unsaturated/α-hetero) is 1. The fraction of sp³-hybridized carbons (Fsp3) is 0.250. The van der Waals surface area contributed by atoms with Crippen LogP contribution in [-0.2, 0) is 0 Å². The van der Waals surface area contributed by atoms with Crippen LogP contribution in [0.2, 0.25) is 0 Å². The molecule has 1 N–H and O–H groups in total. The Hall–Kier alpha value is -2.97. The van der Waals surface area contributed by atoms with E-state index in [1.165, 1.54) is 32.1 Å². The van der Waals surface area contributed by atoms with Crippen LogP contribution in [-0.4, -0.2) is 11.8 Å². The third-order valence-electron chi connectivity index (χ3n) is 5.87. The van der Waals surface area contributed by atoms with E-state index >= 15 is 0 Å². The monoisotopic (exact) mass is 395 g/mol. The highest BCUT2D eigenvalue weighted by Gasteiger charge is 2.27. The van der Waals surface area contributed by atoms with Crippen LogP contribution >= 0.6 is 0 Å². The first-order valence-electron chi connectivity index (χ1n) is 11.0. The van der Waals surface area contributed by atoms with Crippen molar-refractivity contribution < 1.29 is 4.79 Å². The summed E-state index contributed by atoms with van der Waals surface area (Å²) in [6, 6.07) is 30.5. The number of hydrogen-bond acceptors (Lipinski definition) is 2. The minimum atomic E-state index is -0.137. The molecule has 0 radical (unpaired) electrons. The minimum Gasteiger partial charge on any atom is -0.303 e. The van der Waals surface area contributed by atoms with Gasteiger partial charge >= 0.3 is 0 Å². The molecule has 3 aromatic carbocycles. The quantitative estimate of drug-likeness (QED) is 0.360. The molecule has 0 aliphatic heterocycles. The number of benzene rings is 3. The molecule has 0 bridgehead atoms. The maximum absolute atomic E-state index is 13.7. The van der Waals surface area contributed by atoms with Gasteiger partial charge < -0.3 is 5.32 Å². The third kappa shape index (κ3) is 5.14. The lowest BCUT2D eigenvalue weighted by Crippen LogP contribution is -2.36. The van der Waals surface area contributed by atoms with E-state index in [1.807, 2.05) is 54.6 Å².